The van der Waals surface area contributed by atoms with Crippen molar-refractivity contribution in [1.82, 2.24) is 0 Å². The minimum Gasteiger partial charge on any atom is -0.440 e. The van der Waals surface area contributed by atoms with E-state index in [1.807, 2.05) is 36.4 Å². The molecule has 0 aromatic heterocycles. The van der Waals surface area contributed by atoms with Crippen LogP contribution < -0.4 is 15.4 Å². The van der Waals surface area contributed by atoms with Gasteiger partial charge in [0.2, 0.25) is 5.90 Å². The molecule has 4 rings (SSSR count). The molecule has 1 atom stereocenters. The largest absolute Gasteiger partial charge is 0.440 e. The highest BCUT2D eigenvalue weighted by Crippen LogP contribution is 2.53. The molecular weight excluding hydrogens is 366 g/mol. The summed E-state index contributed by atoms with van der Waals surface area (Å²) in [5.41, 5.74) is 9.25. The van der Waals surface area contributed by atoms with Crippen molar-refractivity contribution in [3.8, 4) is 5.75 Å². The van der Waals surface area contributed by atoms with Gasteiger partial charge in [0.1, 0.15) is 5.75 Å². The average Bonchev–Trinajstić information content (AvgIpc) is 3.01. The molecular formula is C23H25N3O3. The Hall–Kier alpha value is -3.28. The van der Waals surface area contributed by atoms with Gasteiger partial charge in [0.15, 0.2) is 5.60 Å². The molecule has 2 aromatic carbocycles. The summed E-state index contributed by atoms with van der Waals surface area (Å²) in [5, 5.41) is 0. The Labute approximate surface area is 170 Å². The maximum absolute atomic E-state index is 12.8. The minimum atomic E-state index is -1.17. The molecule has 0 bridgehead atoms. The lowest BCUT2D eigenvalue weighted by atomic mass is 9.76. The van der Waals surface area contributed by atoms with Gasteiger partial charge in [0, 0.05) is 48.7 Å². The van der Waals surface area contributed by atoms with Crippen molar-refractivity contribution < 1.29 is 14.3 Å². The highest BCUT2D eigenvalue weighted by molar-refractivity contribution is 6.06. The molecule has 2 N–H and O–H groups in total. The highest BCUT2D eigenvalue weighted by atomic mass is 16.6. The van der Waals surface area contributed by atoms with Gasteiger partial charge < -0.3 is 20.1 Å². The van der Waals surface area contributed by atoms with Gasteiger partial charge in [-0.3, -0.25) is 4.99 Å². The number of esters is 1. The van der Waals surface area contributed by atoms with E-state index in [0.717, 1.165) is 29.9 Å². The molecule has 6 nitrogen and oxygen atoms in total. The SMILES string of the molecule is CCN(CC)c1ccc2c(c1)OC(=NC)C(=C(C)N)C21OC(=O)c2ccccc21. The van der Waals surface area contributed by atoms with Gasteiger partial charge in [-0.25, -0.2) is 4.79 Å². The Morgan fingerprint density at radius 1 is 1.14 bits per heavy atom. The van der Waals surface area contributed by atoms with Crippen LogP contribution in [0.3, 0.4) is 0 Å². The van der Waals surface area contributed by atoms with Crippen molar-refractivity contribution >= 4 is 17.6 Å². The molecule has 2 aromatic rings. The second-order valence-electron chi connectivity index (χ2n) is 7.16. The molecule has 0 radical (unpaired) electrons. The van der Waals surface area contributed by atoms with Gasteiger partial charge in [-0.2, -0.15) is 0 Å². The number of anilines is 1. The molecule has 1 spiro atoms. The Morgan fingerprint density at radius 3 is 2.52 bits per heavy atom. The van der Waals surface area contributed by atoms with E-state index >= 15 is 0 Å². The van der Waals surface area contributed by atoms with Crippen LogP contribution in [0.2, 0.25) is 0 Å². The summed E-state index contributed by atoms with van der Waals surface area (Å²) in [7, 11) is 1.65. The maximum Gasteiger partial charge on any atom is 0.340 e. The van der Waals surface area contributed by atoms with Crippen molar-refractivity contribution in [3.05, 3.63) is 70.4 Å². The number of ether oxygens (including phenoxy) is 2. The van der Waals surface area contributed by atoms with E-state index in [0.29, 0.717) is 28.5 Å². The third-order valence-electron chi connectivity index (χ3n) is 5.62. The first-order valence-electron chi connectivity index (χ1n) is 9.82. The van der Waals surface area contributed by atoms with E-state index in [1.54, 1.807) is 20.0 Å². The molecule has 0 fully saturated rings. The number of hydrogen-bond donors (Lipinski definition) is 1. The molecule has 2 heterocycles. The Balaban J connectivity index is 2.05. The smallest absolute Gasteiger partial charge is 0.340 e. The number of nitrogens with two attached hydrogens (primary N) is 1. The molecule has 6 heteroatoms. The summed E-state index contributed by atoms with van der Waals surface area (Å²) in [4.78, 5) is 19.4. The number of carbonyl (C=O) groups excluding carboxylic acids is 1. The number of allylic oxidation sites excluding steroid dienone is 1. The van der Waals surface area contributed by atoms with E-state index in [2.05, 4.69) is 23.7 Å². The van der Waals surface area contributed by atoms with E-state index in [4.69, 9.17) is 15.2 Å². The van der Waals surface area contributed by atoms with Crippen LogP contribution in [0.25, 0.3) is 0 Å². The monoisotopic (exact) mass is 391 g/mol. The number of hydrogen-bond acceptors (Lipinski definition) is 6. The molecule has 0 aliphatic carbocycles. The fourth-order valence-corrected chi connectivity index (χ4v) is 4.32. The first-order valence-corrected chi connectivity index (χ1v) is 9.82. The molecule has 1 unspecified atom stereocenters. The number of carbonyl (C=O) groups is 1. The van der Waals surface area contributed by atoms with Gasteiger partial charge in [0.25, 0.3) is 0 Å². The first-order chi connectivity index (χ1) is 14.0. The second-order valence-corrected chi connectivity index (χ2v) is 7.16. The van der Waals surface area contributed by atoms with Crippen molar-refractivity contribution in [2.75, 3.05) is 25.0 Å². The van der Waals surface area contributed by atoms with Crippen LogP contribution in [-0.2, 0) is 10.3 Å². The summed E-state index contributed by atoms with van der Waals surface area (Å²) in [6.07, 6.45) is 0. The molecule has 29 heavy (non-hydrogen) atoms. The van der Waals surface area contributed by atoms with Crippen LogP contribution in [0.1, 0.15) is 42.3 Å². The zero-order chi connectivity index (χ0) is 20.8. The van der Waals surface area contributed by atoms with E-state index < -0.39 is 5.60 Å². The van der Waals surface area contributed by atoms with Gasteiger partial charge in [-0.15, -0.1) is 0 Å². The molecule has 150 valence electrons. The number of nitrogens with zero attached hydrogens (tertiary/aromatic N) is 2. The third-order valence-corrected chi connectivity index (χ3v) is 5.62. The summed E-state index contributed by atoms with van der Waals surface area (Å²) < 4.78 is 12.3. The fourth-order valence-electron chi connectivity index (χ4n) is 4.32. The van der Waals surface area contributed by atoms with Crippen LogP contribution >= 0.6 is 0 Å². The van der Waals surface area contributed by atoms with Gasteiger partial charge >= 0.3 is 5.97 Å². The molecule has 0 saturated carbocycles. The van der Waals surface area contributed by atoms with Gasteiger partial charge in [-0.1, -0.05) is 18.2 Å². The van der Waals surface area contributed by atoms with E-state index in [1.165, 1.54) is 0 Å². The maximum atomic E-state index is 12.8. The number of rotatable bonds is 3. The zero-order valence-electron chi connectivity index (χ0n) is 17.2. The Bertz CT molecular complexity index is 1050. The zero-order valence-corrected chi connectivity index (χ0v) is 17.2. The first kappa shape index (κ1) is 19.1. The lowest BCUT2D eigenvalue weighted by Gasteiger charge is -2.38. The highest BCUT2D eigenvalue weighted by Gasteiger charge is 2.56. The third kappa shape index (κ3) is 2.63. The van der Waals surface area contributed by atoms with E-state index in [9.17, 15) is 4.79 Å². The topological polar surface area (TPSA) is 77.2 Å². The molecule has 2 aliphatic rings. The van der Waals surface area contributed by atoms with E-state index in [-0.39, 0.29) is 5.97 Å². The summed E-state index contributed by atoms with van der Waals surface area (Å²) in [6.45, 7) is 7.74. The van der Waals surface area contributed by atoms with Crippen LogP contribution in [0, 0.1) is 0 Å². The van der Waals surface area contributed by atoms with Crippen LogP contribution in [-0.4, -0.2) is 32.0 Å². The fraction of sp³-hybridized carbons (Fsp3) is 0.304. The minimum absolute atomic E-state index is 0.360. The standard InChI is InChI=1S/C23H25N3O3/c1-5-26(6-2)15-11-12-18-19(13-15)28-21(25-4)20(14(3)24)23(18)17-10-8-7-9-16(17)22(27)29-23/h7-13H,5-6,24H2,1-4H3. The van der Waals surface area contributed by atoms with Crippen molar-refractivity contribution in [2.24, 2.45) is 10.7 Å². The second kappa shape index (κ2) is 6.95. The predicted molar refractivity (Wildman–Crippen MR) is 114 cm³/mol. The molecule has 2 aliphatic heterocycles. The average molecular weight is 391 g/mol. The van der Waals surface area contributed by atoms with Gasteiger partial charge in [0.05, 0.1) is 11.1 Å². The Morgan fingerprint density at radius 2 is 1.86 bits per heavy atom. The summed E-state index contributed by atoms with van der Waals surface area (Å²) in [6, 6.07) is 13.4. The van der Waals surface area contributed by atoms with Crippen molar-refractivity contribution in [3.63, 3.8) is 0 Å². The van der Waals surface area contributed by atoms with Gasteiger partial charge in [-0.05, 0) is 39.0 Å². The van der Waals surface area contributed by atoms with Crippen molar-refractivity contribution in [2.45, 2.75) is 26.4 Å². The normalized spacial score (nSPS) is 22.8. The lowest BCUT2D eigenvalue weighted by Crippen LogP contribution is -2.42. The summed E-state index contributed by atoms with van der Waals surface area (Å²) in [5.74, 6) is 0.596. The quantitative estimate of drug-likeness (QED) is 0.809. The van der Waals surface area contributed by atoms with Crippen LogP contribution in [0.4, 0.5) is 5.69 Å². The molecule has 0 saturated heterocycles. The predicted octanol–water partition coefficient (Wildman–Crippen LogP) is 3.60. The number of fused-ring (bicyclic) bond motifs is 4. The van der Waals surface area contributed by atoms with Crippen LogP contribution in [0.15, 0.2) is 58.7 Å². The number of aliphatic imine (C=N–C) groups is 1. The molecule has 0 amide bonds. The van der Waals surface area contributed by atoms with Crippen molar-refractivity contribution in [1.29, 1.82) is 0 Å². The summed E-state index contributed by atoms with van der Waals surface area (Å²) >= 11 is 0. The lowest BCUT2D eigenvalue weighted by molar-refractivity contribution is 0.0231. The van der Waals surface area contributed by atoms with Crippen LogP contribution in [0.5, 0.6) is 5.75 Å². The Kier molecular flexibility index (Phi) is 4.57. The number of benzene rings is 2.